The molecule has 15 heavy (non-hydrogen) atoms. The average Bonchev–Trinajstić information content (AvgIpc) is 2.25. The molecule has 0 heterocycles. The van der Waals surface area contributed by atoms with E-state index in [9.17, 15) is 4.79 Å². The topological polar surface area (TPSA) is 29.5 Å². The van der Waals surface area contributed by atoms with Crippen LogP contribution in [0.4, 0.5) is 0 Å². The van der Waals surface area contributed by atoms with Gasteiger partial charge in [0, 0.05) is 0 Å². The van der Waals surface area contributed by atoms with Crippen molar-refractivity contribution >= 4 is 6.41 Å². The van der Waals surface area contributed by atoms with Gasteiger partial charge in [-0.1, -0.05) is 44.2 Å². The van der Waals surface area contributed by atoms with Crippen molar-refractivity contribution in [2.24, 2.45) is 5.92 Å². The summed E-state index contributed by atoms with van der Waals surface area (Å²) >= 11 is 0. The molecule has 3 heteroatoms. The van der Waals surface area contributed by atoms with Gasteiger partial charge < -0.3 is 0 Å². The number of benzene rings is 1. The highest BCUT2D eigenvalue weighted by Gasteiger charge is 2.04. The second-order valence-electron chi connectivity index (χ2n) is 3.86. The second-order valence-corrected chi connectivity index (χ2v) is 3.86. The predicted molar refractivity (Wildman–Crippen MR) is 60.0 cm³/mol. The molecule has 0 aliphatic rings. The van der Waals surface area contributed by atoms with Crippen molar-refractivity contribution in [2.75, 3.05) is 6.54 Å². The molecule has 0 N–H and O–H groups in total. The van der Waals surface area contributed by atoms with Gasteiger partial charge >= 0.3 is 1.43 Å². The van der Waals surface area contributed by atoms with Crippen molar-refractivity contribution in [2.45, 2.75) is 20.5 Å². The zero-order chi connectivity index (χ0) is 11.1. The van der Waals surface area contributed by atoms with Crippen molar-refractivity contribution in [3.8, 4) is 0 Å². The first-order valence-electron chi connectivity index (χ1n) is 5.11. The molecule has 1 rings (SSSR count). The van der Waals surface area contributed by atoms with Gasteiger partial charge in [-0.25, -0.2) is 5.06 Å². The molecule has 0 aliphatic carbocycles. The van der Waals surface area contributed by atoms with Crippen molar-refractivity contribution < 1.29 is 11.1 Å². The van der Waals surface area contributed by atoms with E-state index in [1.807, 2.05) is 44.2 Å². The number of carbonyl (C=O) groups excluding carboxylic acids is 1. The van der Waals surface area contributed by atoms with Crippen LogP contribution in [0.3, 0.4) is 0 Å². The monoisotopic (exact) mass is 208 g/mol. The highest BCUT2D eigenvalue weighted by atomic mass is 16.7. The highest BCUT2D eigenvalue weighted by molar-refractivity contribution is 5.44. The summed E-state index contributed by atoms with van der Waals surface area (Å²) in [5, 5.41) is 1.34. The molecule has 0 radical (unpaired) electrons. The minimum atomic E-state index is 0. The molecule has 0 unspecified atom stereocenters. The van der Waals surface area contributed by atoms with Crippen LogP contribution in [-0.4, -0.2) is 18.0 Å². The summed E-state index contributed by atoms with van der Waals surface area (Å²) in [7, 11) is 0. The zero-order valence-electron chi connectivity index (χ0n) is 10.2. The Hall–Kier alpha value is -1.35. The molecule has 1 aromatic carbocycles. The number of amides is 1. The van der Waals surface area contributed by atoms with Crippen LogP contribution in [0.5, 0.6) is 0 Å². The zero-order valence-corrected chi connectivity index (χ0v) is 9.22. The van der Waals surface area contributed by atoms with Crippen LogP contribution in [-0.2, 0) is 16.2 Å². The van der Waals surface area contributed by atoms with Crippen molar-refractivity contribution in [3.05, 3.63) is 35.9 Å². The van der Waals surface area contributed by atoms with Crippen LogP contribution in [0.25, 0.3) is 0 Å². The number of hydroxylamine groups is 2. The normalized spacial score (nSPS) is 10.3. The van der Waals surface area contributed by atoms with Gasteiger partial charge in [0.05, 0.1) is 6.54 Å². The lowest BCUT2D eigenvalue weighted by molar-refractivity contribution is -0.180. The average molecular weight is 208 g/mol. The third kappa shape index (κ3) is 4.61. The van der Waals surface area contributed by atoms with Gasteiger partial charge in [-0.2, -0.15) is 0 Å². The van der Waals surface area contributed by atoms with Gasteiger partial charge in [-0.05, 0) is 11.5 Å². The molecule has 0 bridgehead atoms. The molecule has 82 valence electrons. The van der Waals surface area contributed by atoms with Gasteiger partial charge in [-0.3, -0.25) is 9.63 Å². The van der Waals surface area contributed by atoms with E-state index in [1.54, 1.807) is 0 Å². The van der Waals surface area contributed by atoms with Gasteiger partial charge in [0.2, 0.25) is 6.41 Å². The largest absolute Gasteiger partial charge is 1.00 e. The Morgan fingerprint density at radius 1 is 1.40 bits per heavy atom. The van der Waals surface area contributed by atoms with Crippen LogP contribution in [0, 0.1) is 5.92 Å². The van der Waals surface area contributed by atoms with Gasteiger partial charge in [0.25, 0.3) is 0 Å². The Balaban J connectivity index is 0.00000225. The number of rotatable bonds is 6. The fraction of sp³-hybridized carbons (Fsp3) is 0.417. The van der Waals surface area contributed by atoms with E-state index in [0.29, 0.717) is 19.1 Å². The minimum Gasteiger partial charge on any atom is -0.276 e. The quantitative estimate of drug-likeness (QED) is 0.530. The summed E-state index contributed by atoms with van der Waals surface area (Å²) in [6.07, 6.45) is 0.725. The third-order valence-corrected chi connectivity index (χ3v) is 1.90. The van der Waals surface area contributed by atoms with Gasteiger partial charge in [0.15, 0.2) is 0 Å². The fourth-order valence-corrected chi connectivity index (χ4v) is 1.22. The number of hydrogen-bond acceptors (Lipinski definition) is 2. The maximum atomic E-state index is 10.7. The Morgan fingerprint density at radius 2 is 2.07 bits per heavy atom. The molecular weight excluding hydrogens is 190 g/mol. The summed E-state index contributed by atoms with van der Waals surface area (Å²) in [5.74, 6) is 0.408. The van der Waals surface area contributed by atoms with Crippen molar-refractivity contribution in [1.82, 2.24) is 5.06 Å². The summed E-state index contributed by atoms with van der Waals surface area (Å²) in [4.78, 5) is 16.0. The standard InChI is InChI=1S/C12H17NO2/c1-11(2)8-13(10-14)15-9-12-6-4-3-5-7-12/h3-7,10-11H,8-9H2,1-2H3/p+1. The van der Waals surface area contributed by atoms with Crippen LogP contribution >= 0.6 is 0 Å². The third-order valence-electron chi connectivity index (χ3n) is 1.90. The Kier molecular flexibility index (Phi) is 4.84. The fourth-order valence-electron chi connectivity index (χ4n) is 1.22. The van der Waals surface area contributed by atoms with Crippen molar-refractivity contribution in [1.29, 1.82) is 0 Å². The summed E-state index contributed by atoms with van der Waals surface area (Å²) in [5.41, 5.74) is 1.06. The van der Waals surface area contributed by atoms with Gasteiger partial charge in [-0.15, -0.1) is 0 Å². The number of nitrogens with zero attached hydrogens (tertiary/aromatic N) is 1. The van der Waals surface area contributed by atoms with E-state index in [4.69, 9.17) is 4.84 Å². The molecule has 3 nitrogen and oxygen atoms in total. The smallest absolute Gasteiger partial charge is 0.276 e. The molecule has 0 saturated carbocycles. The Bertz CT molecular complexity index is 290. The van der Waals surface area contributed by atoms with E-state index >= 15 is 0 Å². The lowest BCUT2D eigenvalue weighted by atomic mass is 10.2. The van der Waals surface area contributed by atoms with Crippen molar-refractivity contribution in [3.63, 3.8) is 0 Å². The van der Waals surface area contributed by atoms with Crippen LogP contribution in [0.2, 0.25) is 0 Å². The van der Waals surface area contributed by atoms with E-state index in [0.717, 1.165) is 12.0 Å². The highest BCUT2D eigenvalue weighted by Crippen LogP contribution is 2.03. The molecular formula is C12H18NO2+. The van der Waals surface area contributed by atoms with Crippen LogP contribution in [0.15, 0.2) is 30.3 Å². The predicted octanol–water partition coefficient (Wildman–Crippen LogP) is 2.35. The van der Waals surface area contributed by atoms with E-state index in [2.05, 4.69) is 0 Å². The van der Waals surface area contributed by atoms with E-state index in [-0.39, 0.29) is 1.43 Å². The van der Waals surface area contributed by atoms with E-state index in [1.165, 1.54) is 5.06 Å². The molecule has 0 aromatic heterocycles. The summed E-state index contributed by atoms with van der Waals surface area (Å²) in [6.45, 7) is 5.15. The number of hydrogen-bond donors (Lipinski definition) is 0. The molecule has 0 aliphatic heterocycles. The lowest BCUT2D eigenvalue weighted by Crippen LogP contribution is -2.26. The first-order chi connectivity index (χ1) is 7.22. The molecule has 0 spiro atoms. The molecule has 0 saturated heterocycles. The van der Waals surface area contributed by atoms with E-state index < -0.39 is 0 Å². The van der Waals surface area contributed by atoms with Gasteiger partial charge in [0.1, 0.15) is 6.61 Å². The maximum absolute atomic E-state index is 10.7. The first-order valence-corrected chi connectivity index (χ1v) is 5.11. The minimum absolute atomic E-state index is 0. The molecule has 1 aromatic rings. The number of carbonyl (C=O) groups is 1. The Labute approximate surface area is 92.1 Å². The maximum Gasteiger partial charge on any atom is 1.00 e. The lowest BCUT2D eigenvalue weighted by Gasteiger charge is -2.18. The molecule has 1 amide bonds. The summed E-state index contributed by atoms with van der Waals surface area (Å²) < 4.78 is 0. The molecule has 0 atom stereocenters. The van der Waals surface area contributed by atoms with Crippen LogP contribution in [0.1, 0.15) is 20.8 Å². The summed E-state index contributed by atoms with van der Waals surface area (Å²) in [6, 6.07) is 9.80. The second kappa shape index (κ2) is 6.19. The SMILES string of the molecule is CC(C)CN(C=O)OCc1ccccc1.[H+]. The van der Waals surface area contributed by atoms with Crippen LogP contribution < -0.4 is 0 Å². The Morgan fingerprint density at radius 3 is 2.60 bits per heavy atom. The first kappa shape index (κ1) is 11.7. The molecule has 0 fully saturated rings.